The molecule has 0 aromatic carbocycles. The summed E-state index contributed by atoms with van der Waals surface area (Å²) in [5.41, 5.74) is 5.45. The topological polar surface area (TPSA) is 149 Å². The van der Waals surface area contributed by atoms with Crippen LogP contribution in [0.15, 0.2) is 0 Å². The Hall–Kier alpha value is -1.83. The Morgan fingerprint density at radius 3 is 2.24 bits per heavy atom. The van der Waals surface area contributed by atoms with Crippen molar-refractivity contribution >= 4 is 17.8 Å². The van der Waals surface area contributed by atoms with Crippen LogP contribution in [-0.2, 0) is 9.59 Å². The summed E-state index contributed by atoms with van der Waals surface area (Å²) < 4.78 is 0. The number of carboxylic acid groups (broad SMARTS) is 1. The molecule has 1 unspecified atom stereocenters. The van der Waals surface area contributed by atoms with Crippen LogP contribution in [0.4, 0.5) is 0 Å². The Morgan fingerprint density at radius 1 is 1.28 bits per heavy atom. The molecule has 8 nitrogen and oxygen atoms in total. The van der Waals surface area contributed by atoms with E-state index >= 15 is 0 Å². The minimum atomic E-state index is -1.11. The molecule has 0 spiro atoms. The molecular weight excluding hydrogens is 324 g/mol. The molecule has 25 heavy (non-hydrogen) atoms. The number of carbonyl (C=O) groups is 2. The summed E-state index contributed by atoms with van der Waals surface area (Å²) in [4.78, 5) is 23.3. The molecule has 7 N–H and O–H groups in total. The summed E-state index contributed by atoms with van der Waals surface area (Å²) in [7, 11) is 0. The van der Waals surface area contributed by atoms with Gasteiger partial charge in [0.15, 0.2) is 5.96 Å². The van der Waals surface area contributed by atoms with E-state index in [1.807, 2.05) is 0 Å². The largest absolute Gasteiger partial charge is 0.481 e. The number of rotatable bonds is 9. The second-order valence-electron chi connectivity index (χ2n) is 6.98. The molecule has 144 valence electrons. The van der Waals surface area contributed by atoms with E-state index in [1.165, 1.54) is 6.92 Å². The lowest BCUT2D eigenvalue weighted by Gasteiger charge is -2.37. The van der Waals surface area contributed by atoms with Crippen molar-refractivity contribution in [3.05, 3.63) is 0 Å². The Balaban J connectivity index is 3.21. The van der Waals surface area contributed by atoms with Gasteiger partial charge in [-0.2, -0.15) is 0 Å². The first-order chi connectivity index (χ1) is 11.7. The van der Waals surface area contributed by atoms with Gasteiger partial charge >= 0.3 is 5.97 Å². The summed E-state index contributed by atoms with van der Waals surface area (Å²) in [6.45, 7) is 5.54. The second kappa shape index (κ2) is 9.60. The maximum atomic E-state index is 11.8. The highest BCUT2D eigenvalue weighted by molar-refractivity contribution is 5.76. The van der Waals surface area contributed by atoms with E-state index in [4.69, 9.17) is 11.1 Å². The Bertz CT molecular complexity index is 479. The SMILES string of the molecule is CCCC(CCC)[C@H](NC(C)=O)C1[C@H](NC(=N)N)C[C@H](C(=O)O)[C@H]1O. The molecule has 0 aromatic rings. The molecular formula is C17H32N4O4. The van der Waals surface area contributed by atoms with Gasteiger partial charge in [0.2, 0.25) is 5.91 Å². The van der Waals surface area contributed by atoms with E-state index in [0.717, 1.165) is 25.7 Å². The number of nitrogens with one attached hydrogen (secondary N) is 3. The zero-order valence-corrected chi connectivity index (χ0v) is 15.3. The van der Waals surface area contributed by atoms with Gasteiger partial charge in [0, 0.05) is 24.9 Å². The van der Waals surface area contributed by atoms with E-state index < -0.39 is 30.0 Å². The van der Waals surface area contributed by atoms with Gasteiger partial charge in [-0.1, -0.05) is 26.7 Å². The first kappa shape index (κ1) is 21.2. The summed E-state index contributed by atoms with van der Waals surface area (Å²) in [6.07, 6.45) is 2.65. The van der Waals surface area contributed by atoms with Crippen LogP contribution in [0.3, 0.4) is 0 Å². The lowest BCUT2D eigenvalue weighted by molar-refractivity contribution is -0.145. The van der Waals surface area contributed by atoms with Crippen molar-refractivity contribution in [2.24, 2.45) is 23.5 Å². The maximum absolute atomic E-state index is 11.8. The second-order valence-corrected chi connectivity index (χ2v) is 6.98. The minimum absolute atomic E-state index is 0.127. The number of guanidine groups is 1. The molecule has 0 radical (unpaired) electrons. The van der Waals surface area contributed by atoms with Gasteiger partial charge in [0.25, 0.3) is 0 Å². The molecule has 1 fully saturated rings. The van der Waals surface area contributed by atoms with Crippen molar-refractivity contribution in [1.82, 2.24) is 10.6 Å². The Morgan fingerprint density at radius 2 is 1.84 bits per heavy atom. The van der Waals surface area contributed by atoms with Crippen LogP contribution in [0.5, 0.6) is 0 Å². The van der Waals surface area contributed by atoms with E-state index in [2.05, 4.69) is 24.5 Å². The molecule has 0 bridgehead atoms. The fraction of sp³-hybridized carbons (Fsp3) is 0.824. The fourth-order valence-electron chi connectivity index (χ4n) is 4.15. The summed E-state index contributed by atoms with van der Waals surface area (Å²) in [5, 5.41) is 33.3. The van der Waals surface area contributed by atoms with Crippen molar-refractivity contribution in [2.45, 2.75) is 71.1 Å². The standard InChI is InChI=1S/C17H32N4O4/c1-4-6-10(7-5-2)14(20-9(3)22)13-12(21-17(18)19)8-11(15(13)23)16(24)25/h10-15,23H,4-8H2,1-3H3,(H,20,22)(H,24,25)(H4,18,19,21)/t11-,12+,13?,14-,15+/m0/s1. The van der Waals surface area contributed by atoms with Crippen LogP contribution in [0.1, 0.15) is 52.9 Å². The van der Waals surface area contributed by atoms with E-state index in [0.29, 0.717) is 0 Å². The predicted octanol–water partition coefficient (Wildman–Crippen LogP) is 0.641. The summed E-state index contributed by atoms with van der Waals surface area (Å²) in [6, 6.07) is -0.838. The van der Waals surface area contributed by atoms with Crippen LogP contribution in [-0.4, -0.2) is 46.2 Å². The normalized spacial score (nSPS) is 27.1. The quantitative estimate of drug-likeness (QED) is 0.264. The zero-order valence-electron chi connectivity index (χ0n) is 15.3. The van der Waals surface area contributed by atoms with Crippen LogP contribution >= 0.6 is 0 Å². The number of aliphatic hydroxyl groups is 1. The molecule has 1 rings (SSSR count). The number of carboxylic acids is 1. The zero-order chi connectivity index (χ0) is 19.1. The molecule has 5 atom stereocenters. The van der Waals surface area contributed by atoms with E-state index in [9.17, 15) is 19.8 Å². The highest BCUT2D eigenvalue weighted by atomic mass is 16.4. The average Bonchev–Trinajstić information content (AvgIpc) is 2.80. The predicted molar refractivity (Wildman–Crippen MR) is 95.0 cm³/mol. The molecule has 1 aliphatic rings. The van der Waals surface area contributed by atoms with Gasteiger partial charge in [-0.3, -0.25) is 15.0 Å². The maximum Gasteiger partial charge on any atom is 0.309 e. The first-order valence-corrected chi connectivity index (χ1v) is 9.01. The van der Waals surface area contributed by atoms with Gasteiger partial charge < -0.3 is 26.6 Å². The number of hydrogen-bond donors (Lipinski definition) is 6. The molecule has 1 saturated carbocycles. The van der Waals surface area contributed by atoms with Crippen LogP contribution in [0.2, 0.25) is 0 Å². The van der Waals surface area contributed by atoms with E-state index in [-0.39, 0.29) is 30.2 Å². The van der Waals surface area contributed by atoms with Crippen molar-refractivity contribution in [2.75, 3.05) is 0 Å². The number of amides is 1. The molecule has 0 saturated heterocycles. The molecule has 0 aromatic heterocycles. The molecule has 1 amide bonds. The number of hydrogen-bond acceptors (Lipinski definition) is 4. The number of aliphatic carboxylic acids is 1. The highest BCUT2D eigenvalue weighted by Gasteiger charge is 2.50. The fourth-order valence-corrected chi connectivity index (χ4v) is 4.15. The third-order valence-electron chi connectivity index (χ3n) is 5.05. The molecule has 1 aliphatic carbocycles. The van der Waals surface area contributed by atoms with Crippen molar-refractivity contribution < 1.29 is 19.8 Å². The third kappa shape index (κ3) is 5.59. The first-order valence-electron chi connectivity index (χ1n) is 9.01. The number of carbonyl (C=O) groups excluding carboxylic acids is 1. The van der Waals surface area contributed by atoms with Crippen molar-refractivity contribution in [1.29, 1.82) is 5.41 Å². The smallest absolute Gasteiger partial charge is 0.309 e. The highest BCUT2D eigenvalue weighted by Crippen LogP contribution is 2.38. The monoisotopic (exact) mass is 356 g/mol. The Labute approximate surface area is 149 Å². The summed E-state index contributed by atoms with van der Waals surface area (Å²) in [5.74, 6) is -2.89. The van der Waals surface area contributed by atoms with Gasteiger partial charge in [0.1, 0.15) is 0 Å². The molecule has 0 heterocycles. The summed E-state index contributed by atoms with van der Waals surface area (Å²) >= 11 is 0. The van der Waals surface area contributed by atoms with Gasteiger partial charge in [0.05, 0.1) is 12.0 Å². The Kier molecular flexibility index (Phi) is 8.15. The molecule has 8 heteroatoms. The lowest BCUT2D eigenvalue weighted by atomic mass is 9.79. The van der Waals surface area contributed by atoms with Gasteiger partial charge in [-0.05, 0) is 25.2 Å². The average molecular weight is 356 g/mol. The number of aliphatic hydroxyl groups excluding tert-OH is 1. The van der Waals surface area contributed by atoms with Gasteiger partial charge in [-0.25, -0.2) is 0 Å². The minimum Gasteiger partial charge on any atom is -0.481 e. The van der Waals surface area contributed by atoms with Crippen LogP contribution < -0.4 is 16.4 Å². The van der Waals surface area contributed by atoms with Crippen molar-refractivity contribution in [3.8, 4) is 0 Å². The molecule has 0 aliphatic heterocycles. The number of nitrogens with two attached hydrogens (primary N) is 1. The van der Waals surface area contributed by atoms with Crippen LogP contribution in [0, 0.1) is 23.2 Å². The van der Waals surface area contributed by atoms with Crippen LogP contribution in [0.25, 0.3) is 0 Å². The van der Waals surface area contributed by atoms with Gasteiger partial charge in [-0.15, -0.1) is 0 Å². The van der Waals surface area contributed by atoms with Crippen molar-refractivity contribution in [3.63, 3.8) is 0 Å². The third-order valence-corrected chi connectivity index (χ3v) is 5.05. The lowest BCUT2D eigenvalue weighted by Crippen LogP contribution is -2.55. The van der Waals surface area contributed by atoms with E-state index in [1.54, 1.807) is 0 Å².